The highest BCUT2D eigenvalue weighted by atomic mass is 19.1. The number of halogens is 3. The maximum Gasteiger partial charge on any atom is 0.134 e. The Morgan fingerprint density at radius 3 is 2.19 bits per heavy atom. The molecule has 116 valence electrons. The maximum absolute atomic E-state index is 13.8. The predicted octanol–water partition coefficient (Wildman–Crippen LogP) is 4.74. The van der Waals surface area contributed by atoms with E-state index in [2.05, 4.69) is 0 Å². The molecule has 0 bridgehead atoms. The summed E-state index contributed by atoms with van der Waals surface area (Å²) in [4.78, 5) is 0. The lowest BCUT2D eigenvalue weighted by atomic mass is 9.66. The molecular formula is C17H21F3O. The summed E-state index contributed by atoms with van der Waals surface area (Å²) >= 11 is 0. The Hall–Kier alpha value is -1.03. The molecule has 1 aromatic rings. The Balaban J connectivity index is 1.78. The molecule has 0 aliphatic heterocycles. The van der Waals surface area contributed by atoms with Crippen LogP contribution in [0.3, 0.4) is 0 Å². The largest absolute Gasteiger partial charge is 0.388 e. The summed E-state index contributed by atoms with van der Waals surface area (Å²) in [5.74, 6) is -1.75. The van der Waals surface area contributed by atoms with Crippen molar-refractivity contribution in [2.24, 2.45) is 17.8 Å². The van der Waals surface area contributed by atoms with Crippen molar-refractivity contribution in [3.8, 4) is 0 Å². The van der Waals surface area contributed by atoms with E-state index >= 15 is 0 Å². The van der Waals surface area contributed by atoms with Gasteiger partial charge in [0.1, 0.15) is 17.5 Å². The highest BCUT2D eigenvalue weighted by Gasteiger charge is 2.36. The van der Waals surface area contributed by atoms with Gasteiger partial charge in [0, 0.05) is 12.1 Å². The van der Waals surface area contributed by atoms with Crippen molar-refractivity contribution in [2.75, 3.05) is 0 Å². The quantitative estimate of drug-likeness (QED) is 0.836. The summed E-state index contributed by atoms with van der Waals surface area (Å²) in [6.07, 6.45) is 6.35. The van der Waals surface area contributed by atoms with Gasteiger partial charge in [0.15, 0.2) is 0 Å². The summed E-state index contributed by atoms with van der Waals surface area (Å²) in [5.41, 5.74) is -0.365. The summed E-state index contributed by atoms with van der Waals surface area (Å²) in [7, 11) is 0. The molecule has 1 N–H and O–H groups in total. The van der Waals surface area contributed by atoms with Gasteiger partial charge in [-0.15, -0.1) is 0 Å². The van der Waals surface area contributed by atoms with E-state index in [0.29, 0.717) is 24.0 Å². The van der Waals surface area contributed by atoms with Gasteiger partial charge in [-0.1, -0.05) is 25.7 Å². The summed E-state index contributed by atoms with van der Waals surface area (Å²) in [5, 5.41) is 10.4. The number of hydrogen-bond donors (Lipinski definition) is 1. The molecule has 4 heteroatoms. The molecule has 1 nitrogen and oxygen atoms in total. The summed E-state index contributed by atoms with van der Waals surface area (Å²) in [6, 6.07) is 1.29. The Bertz CT molecular complexity index is 494. The van der Waals surface area contributed by atoms with Crippen molar-refractivity contribution < 1.29 is 18.3 Å². The molecule has 1 aromatic carbocycles. The normalized spacial score (nSPS) is 30.8. The third-order valence-electron chi connectivity index (χ3n) is 5.37. The first-order chi connectivity index (χ1) is 10.1. The molecule has 2 saturated carbocycles. The standard InChI is InChI=1S/C17H21F3O/c18-13-8-14(19)16(15(20)9-13)17(21)12-6-5-10-3-1-2-4-11(10)7-12/h8-12,17,21H,1-7H2. The van der Waals surface area contributed by atoms with Crippen LogP contribution in [0.5, 0.6) is 0 Å². The van der Waals surface area contributed by atoms with Crippen LogP contribution in [0, 0.1) is 35.2 Å². The van der Waals surface area contributed by atoms with Gasteiger partial charge >= 0.3 is 0 Å². The molecular weight excluding hydrogens is 277 g/mol. The lowest BCUT2D eigenvalue weighted by molar-refractivity contribution is 0.0309. The minimum atomic E-state index is -1.17. The minimum Gasteiger partial charge on any atom is -0.388 e. The molecule has 0 spiro atoms. The monoisotopic (exact) mass is 298 g/mol. The Morgan fingerprint density at radius 2 is 1.52 bits per heavy atom. The van der Waals surface area contributed by atoms with Crippen LogP contribution < -0.4 is 0 Å². The number of aliphatic hydroxyl groups excluding tert-OH is 1. The lowest BCUT2D eigenvalue weighted by Gasteiger charge is -2.40. The first-order valence-electron chi connectivity index (χ1n) is 7.88. The van der Waals surface area contributed by atoms with Crippen molar-refractivity contribution in [3.63, 3.8) is 0 Å². The topological polar surface area (TPSA) is 20.2 Å². The molecule has 4 unspecified atom stereocenters. The van der Waals surface area contributed by atoms with Gasteiger partial charge in [0.05, 0.1) is 11.7 Å². The van der Waals surface area contributed by atoms with Crippen molar-refractivity contribution >= 4 is 0 Å². The first-order valence-corrected chi connectivity index (χ1v) is 7.88. The smallest absolute Gasteiger partial charge is 0.134 e. The van der Waals surface area contributed by atoms with Gasteiger partial charge in [0.2, 0.25) is 0 Å². The van der Waals surface area contributed by atoms with Gasteiger partial charge in [-0.25, -0.2) is 13.2 Å². The number of aliphatic hydroxyl groups is 1. The molecule has 2 fully saturated rings. The molecule has 0 aromatic heterocycles. The van der Waals surface area contributed by atoms with Crippen molar-refractivity contribution in [2.45, 2.75) is 51.0 Å². The van der Waals surface area contributed by atoms with E-state index in [-0.39, 0.29) is 11.5 Å². The van der Waals surface area contributed by atoms with Gasteiger partial charge in [0.25, 0.3) is 0 Å². The molecule has 21 heavy (non-hydrogen) atoms. The fourth-order valence-electron chi connectivity index (χ4n) is 4.27. The third-order valence-corrected chi connectivity index (χ3v) is 5.37. The number of fused-ring (bicyclic) bond motifs is 1. The molecule has 2 aliphatic carbocycles. The zero-order chi connectivity index (χ0) is 15.0. The van der Waals surface area contributed by atoms with E-state index in [1.165, 1.54) is 19.3 Å². The van der Waals surface area contributed by atoms with E-state index in [0.717, 1.165) is 25.7 Å². The highest BCUT2D eigenvalue weighted by Crippen LogP contribution is 2.46. The van der Waals surface area contributed by atoms with Gasteiger partial charge in [-0.05, 0) is 37.0 Å². The number of hydrogen-bond acceptors (Lipinski definition) is 1. The Kier molecular flexibility index (Phi) is 4.25. The van der Waals surface area contributed by atoms with E-state index in [1.54, 1.807) is 0 Å². The second-order valence-corrected chi connectivity index (χ2v) is 6.61. The van der Waals surface area contributed by atoms with Gasteiger partial charge < -0.3 is 5.11 Å². The highest BCUT2D eigenvalue weighted by molar-refractivity contribution is 5.23. The van der Waals surface area contributed by atoms with E-state index in [9.17, 15) is 18.3 Å². The third kappa shape index (κ3) is 2.96. The molecule has 2 aliphatic rings. The molecule has 0 saturated heterocycles. The molecule has 0 radical (unpaired) electrons. The average Bonchev–Trinajstić information content (AvgIpc) is 2.45. The van der Waals surface area contributed by atoms with E-state index < -0.39 is 23.6 Å². The first kappa shape index (κ1) is 14.9. The van der Waals surface area contributed by atoms with Crippen LogP contribution in [0.4, 0.5) is 13.2 Å². The van der Waals surface area contributed by atoms with E-state index in [4.69, 9.17) is 0 Å². The van der Waals surface area contributed by atoms with Crippen molar-refractivity contribution in [1.82, 2.24) is 0 Å². The van der Waals surface area contributed by atoms with Crippen LogP contribution in [0.25, 0.3) is 0 Å². The van der Waals surface area contributed by atoms with Crippen molar-refractivity contribution in [1.29, 1.82) is 0 Å². The second-order valence-electron chi connectivity index (χ2n) is 6.61. The molecule has 3 rings (SSSR count). The fraction of sp³-hybridized carbons (Fsp3) is 0.647. The zero-order valence-electron chi connectivity index (χ0n) is 12.0. The lowest BCUT2D eigenvalue weighted by Crippen LogP contribution is -2.31. The number of rotatable bonds is 2. The SMILES string of the molecule is OC(c1c(F)cc(F)cc1F)C1CCC2CCCCC2C1. The second kappa shape index (κ2) is 5.99. The Morgan fingerprint density at radius 1 is 0.905 bits per heavy atom. The maximum atomic E-state index is 13.8. The summed E-state index contributed by atoms with van der Waals surface area (Å²) in [6.45, 7) is 0. The zero-order valence-corrected chi connectivity index (χ0v) is 12.0. The predicted molar refractivity (Wildman–Crippen MR) is 74.1 cm³/mol. The summed E-state index contributed by atoms with van der Waals surface area (Å²) < 4.78 is 40.6. The van der Waals surface area contributed by atoms with Crippen LogP contribution in [0.15, 0.2) is 12.1 Å². The van der Waals surface area contributed by atoms with Crippen LogP contribution in [0.1, 0.15) is 56.6 Å². The van der Waals surface area contributed by atoms with Crippen LogP contribution in [-0.2, 0) is 0 Å². The van der Waals surface area contributed by atoms with Crippen LogP contribution >= 0.6 is 0 Å². The van der Waals surface area contributed by atoms with Crippen LogP contribution in [-0.4, -0.2) is 5.11 Å². The fourth-order valence-corrected chi connectivity index (χ4v) is 4.27. The van der Waals surface area contributed by atoms with Crippen molar-refractivity contribution in [3.05, 3.63) is 35.1 Å². The number of benzene rings is 1. The molecule has 4 atom stereocenters. The van der Waals surface area contributed by atoms with Gasteiger partial charge in [-0.3, -0.25) is 0 Å². The average molecular weight is 298 g/mol. The molecule has 0 heterocycles. The van der Waals surface area contributed by atoms with Gasteiger partial charge in [-0.2, -0.15) is 0 Å². The molecule has 0 amide bonds. The minimum absolute atomic E-state index is 0.126. The van der Waals surface area contributed by atoms with E-state index in [1.807, 2.05) is 0 Å². The van der Waals surface area contributed by atoms with Crippen LogP contribution in [0.2, 0.25) is 0 Å². The Labute approximate surface area is 123 Å².